The Hall–Kier alpha value is -5.04. The van der Waals surface area contributed by atoms with Crippen LogP contribution >= 0.6 is 0 Å². The van der Waals surface area contributed by atoms with Gasteiger partial charge in [-0.3, -0.25) is 9.59 Å². The molecule has 2 amide bonds. The standard InChI is InChI=1S/C30H25N5O2/c1-19-11-9-17-23(31-19)33-29(36)27-25(21-13-5-3-6-14-21)26(22-15-7-4-8-16-22)28(35-27)30(37)34-24-18-10-12-20(2)32-24/h3-18,35H,1-2H3,(H,31,33,36)(H,32,34,37). The lowest BCUT2D eigenvalue weighted by Crippen LogP contribution is -2.17. The van der Waals surface area contributed by atoms with Crippen LogP contribution in [0, 0.1) is 13.8 Å². The summed E-state index contributed by atoms with van der Waals surface area (Å²) in [6.45, 7) is 3.71. The number of nitrogens with zero attached hydrogens (tertiary/aromatic N) is 2. The maximum absolute atomic E-state index is 13.6. The number of benzene rings is 2. The van der Waals surface area contributed by atoms with Crippen LogP contribution in [0.1, 0.15) is 32.4 Å². The van der Waals surface area contributed by atoms with E-state index < -0.39 is 11.8 Å². The summed E-state index contributed by atoms with van der Waals surface area (Å²) < 4.78 is 0. The number of hydrogen-bond acceptors (Lipinski definition) is 4. The molecule has 5 rings (SSSR count). The Labute approximate surface area is 214 Å². The quantitative estimate of drug-likeness (QED) is 0.263. The molecule has 3 heterocycles. The number of carbonyl (C=O) groups is 2. The summed E-state index contributed by atoms with van der Waals surface area (Å²) in [5.74, 6) is 0.0494. The predicted molar refractivity (Wildman–Crippen MR) is 146 cm³/mol. The van der Waals surface area contributed by atoms with Crippen molar-refractivity contribution in [2.24, 2.45) is 0 Å². The zero-order chi connectivity index (χ0) is 25.8. The number of pyridine rings is 2. The highest BCUT2D eigenvalue weighted by Gasteiger charge is 2.28. The first kappa shape index (κ1) is 23.7. The second-order valence-corrected chi connectivity index (χ2v) is 8.59. The van der Waals surface area contributed by atoms with E-state index in [9.17, 15) is 9.59 Å². The Morgan fingerprint density at radius 3 is 1.35 bits per heavy atom. The van der Waals surface area contributed by atoms with E-state index in [1.807, 2.05) is 98.8 Å². The van der Waals surface area contributed by atoms with Gasteiger partial charge in [-0.05, 0) is 49.2 Å². The number of aromatic nitrogens is 3. The molecule has 7 heteroatoms. The van der Waals surface area contributed by atoms with Crippen LogP contribution in [-0.4, -0.2) is 26.8 Å². The molecular weight excluding hydrogens is 462 g/mol. The average Bonchev–Trinajstić information content (AvgIpc) is 3.31. The van der Waals surface area contributed by atoms with Crippen molar-refractivity contribution in [3.05, 3.63) is 120 Å². The number of hydrogen-bond donors (Lipinski definition) is 3. The summed E-state index contributed by atoms with van der Waals surface area (Å²) in [4.78, 5) is 39.2. The molecule has 37 heavy (non-hydrogen) atoms. The lowest BCUT2D eigenvalue weighted by molar-refractivity contribution is 0.102. The van der Waals surface area contributed by atoms with Crippen LogP contribution in [0.25, 0.3) is 22.3 Å². The van der Waals surface area contributed by atoms with E-state index in [-0.39, 0.29) is 11.4 Å². The van der Waals surface area contributed by atoms with Crippen LogP contribution in [0.3, 0.4) is 0 Å². The first-order valence-corrected chi connectivity index (χ1v) is 11.9. The van der Waals surface area contributed by atoms with Gasteiger partial charge in [0.05, 0.1) is 0 Å². The summed E-state index contributed by atoms with van der Waals surface area (Å²) in [6, 6.07) is 29.9. The van der Waals surface area contributed by atoms with Crippen molar-refractivity contribution in [1.29, 1.82) is 0 Å². The predicted octanol–water partition coefficient (Wildman–Crippen LogP) is 6.26. The molecule has 0 aliphatic rings. The topological polar surface area (TPSA) is 99.8 Å². The third-order valence-electron chi connectivity index (χ3n) is 5.84. The number of H-pyrrole nitrogens is 1. The number of amides is 2. The molecule has 0 radical (unpaired) electrons. The summed E-state index contributed by atoms with van der Waals surface area (Å²) in [6.07, 6.45) is 0. The van der Waals surface area contributed by atoms with Crippen molar-refractivity contribution in [2.45, 2.75) is 13.8 Å². The molecule has 182 valence electrons. The van der Waals surface area contributed by atoms with Gasteiger partial charge in [-0.2, -0.15) is 0 Å². The molecule has 2 aromatic carbocycles. The summed E-state index contributed by atoms with van der Waals surface area (Å²) in [7, 11) is 0. The van der Waals surface area contributed by atoms with Crippen LogP contribution < -0.4 is 10.6 Å². The molecule has 5 aromatic rings. The Bertz CT molecular complexity index is 1460. The zero-order valence-electron chi connectivity index (χ0n) is 20.4. The minimum atomic E-state index is -0.401. The van der Waals surface area contributed by atoms with E-state index in [0.717, 1.165) is 22.5 Å². The number of nitrogens with one attached hydrogen (secondary N) is 3. The Balaban J connectivity index is 1.68. The lowest BCUT2D eigenvalue weighted by atomic mass is 9.94. The molecule has 0 unspecified atom stereocenters. The number of rotatable bonds is 6. The van der Waals surface area contributed by atoms with Gasteiger partial charge in [0, 0.05) is 22.5 Å². The van der Waals surface area contributed by atoms with Crippen LogP contribution in [-0.2, 0) is 0 Å². The van der Waals surface area contributed by atoms with E-state index in [1.54, 1.807) is 12.1 Å². The van der Waals surface area contributed by atoms with Crippen molar-refractivity contribution in [1.82, 2.24) is 15.0 Å². The summed E-state index contributed by atoms with van der Waals surface area (Å²) in [5.41, 5.74) is 4.93. The maximum atomic E-state index is 13.6. The maximum Gasteiger partial charge on any atom is 0.273 e. The van der Waals surface area contributed by atoms with E-state index in [2.05, 4.69) is 25.6 Å². The molecule has 3 N–H and O–H groups in total. The highest BCUT2D eigenvalue weighted by molar-refractivity contribution is 6.16. The number of aromatic amines is 1. The molecule has 0 atom stereocenters. The van der Waals surface area contributed by atoms with Crippen LogP contribution in [0.5, 0.6) is 0 Å². The lowest BCUT2D eigenvalue weighted by Gasteiger charge is -2.10. The fourth-order valence-electron chi connectivity index (χ4n) is 4.21. The number of carbonyl (C=O) groups excluding carboxylic acids is 2. The fourth-order valence-corrected chi connectivity index (χ4v) is 4.21. The summed E-state index contributed by atoms with van der Waals surface area (Å²) in [5, 5.41) is 5.74. The largest absolute Gasteiger partial charge is 0.345 e. The molecule has 0 aliphatic heterocycles. The highest BCUT2D eigenvalue weighted by atomic mass is 16.2. The Morgan fingerprint density at radius 2 is 0.973 bits per heavy atom. The van der Waals surface area contributed by atoms with Crippen molar-refractivity contribution in [3.63, 3.8) is 0 Å². The van der Waals surface area contributed by atoms with E-state index in [1.165, 1.54) is 0 Å². The van der Waals surface area contributed by atoms with Crippen LogP contribution in [0.4, 0.5) is 11.6 Å². The van der Waals surface area contributed by atoms with Gasteiger partial charge in [0.25, 0.3) is 11.8 Å². The van der Waals surface area contributed by atoms with Crippen LogP contribution in [0.15, 0.2) is 97.1 Å². The molecular formula is C30H25N5O2. The minimum absolute atomic E-state index is 0.260. The van der Waals surface area contributed by atoms with Gasteiger partial charge < -0.3 is 15.6 Å². The van der Waals surface area contributed by atoms with Gasteiger partial charge >= 0.3 is 0 Å². The molecule has 0 fully saturated rings. The zero-order valence-corrected chi connectivity index (χ0v) is 20.4. The summed E-state index contributed by atoms with van der Waals surface area (Å²) >= 11 is 0. The monoisotopic (exact) mass is 487 g/mol. The smallest absolute Gasteiger partial charge is 0.273 e. The number of anilines is 2. The first-order chi connectivity index (χ1) is 18.0. The molecule has 0 saturated carbocycles. The first-order valence-electron chi connectivity index (χ1n) is 11.9. The van der Waals surface area contributed by atoms with Gasteiger partial charge in [-0.15, -0.1) is 0 Å². The second-order valence-electron chi connectivity index (χ2n) is 8.59. The fraction of sp³-hybridized carbons (Fsp3) is 0.0667. The molecule has 0 aliphatic carbocycles. The SMILES string of the molecule is Cc1cccc(NC(=O)c2[nH]c(C(=O)Nc3cccc(C)n3)c(-c3ccccc3)c2-c2ccccc2)n1. The molecule has 0 bridgehead atoms. The molecule has 3 aromatic heterocycles. The van der Waals surface area contributed by atoms with E-state index >= 15 is 0 Å². The van der Waals surface area contributed by atoms with E-state index in [0.29, 0.717) is 22.8 Å². The van der Waals surface area contributed by atoms with Crippen molar-refractivity contribution in [3.8, 4) is 22.3 Å². The molecule has 0 saturated heterocycles. The third-order valence-corrected chi connectivity index (χ3v) is 5.84. The molecule has 7 nitrogen and oxygen atoms in total. The number of aryl methyl sites for hydroxylation is 2. The normalized spacial score (nSPS) is 10.6. The van der Waals surface area contributed by atoms with Gasteiger partial charge in [-0.1, -0.05) is 72.8 Å². The van der Waals surface area contributed by atoms with Gasteiger partial charge in [0.15, 0.2) is 0 Å². The highest BCUT2D eigenvalue weighted by Crippen LogP contribution is 2.38. The van der Waals surface area contributed by atoms with E-state index in [4.69, 9.17) is 0 Å². The average molecular weight is 488 g/mol. The Kier molecular flexibility index (Phi) is 6.59. The second kappa shape index (κ2) is 10.3. The molecule has 0 spiro atoms. The van der Waals surface area contributed by atoms with Crippen molar-refractivity contribution in [2.75, 3.05) is 10.6 Å². The minimum Gasteiger partial charge on any atom is -0.345 e. The van der Waals surface area contributed by atoms with Gasteiger partial charge in [-0.25, -0.2) is 9.97 Å². The van der Waals surface area contributed by atoms with Gasteiger partial charge in [0.1, 0.15) is 23.0 Å². The van der Waals surface area contributed by atoms with Crippen molar-refractivity contribution < 1.29 is 9.59 Å². The van der Waals surface area contributed by atoms with Crippen molar-refractivity contribution >= 4 is 23.5 Å². The van der Waals surface area contributed by atoms with Crippen LogP contribution in [0.2, 0.25) is 0 Å². The third kappa shape index (κ3) is 5.16. The Morgan fingerprint density at radius 1 is 0.568 bits per heavy atom. The van der Waals surface area contributed by atoms with Gasteiger partial charge in [0.2, 0.25) is 0 Å².